The zero-order chi connectivity index (χ0) is 11.1. The Hall–Kier alpha value is -0.120. The third kappa shape index (κ3) is 6.13. The molecule has 1 aliphatic rings. The van der Waals surface area contributed by atoms with Crippen LogP contribution in [-0.4, -0.2) is 50.3 Å². The van der Waals surface area contributed by atoms with Crippen LogP contribution in [0.1, 0.15) is 33.1 Å². The maximum atomic E-state index is 5.60. The Kier molecular flexibility index (Phi) is 6.22. The average Bonchev–Trinajstić information content (AvgIpc) is 2.66. The Morgan fingerprint density at radius 1 is 1.40 bits per heavy atom. The van der Waals surface area contributed by atoms with Crippen LogP contribution in [0.2, 0.25) is 0 Å². The molecule has 0 spiro atoms. The largest absolute Gasteiger partial charge is 0.378 e. The molecule has 1 fully saturated rings. The topological polar surface area (TPSA) is 24.5 Å². The van der Waals surface area contributed by atoms with Crippen molar-refractivity contribution in [3.05, 3.63) is 0 Å². The minimum Gasteiger partial charge on any atom is -0.378 e. The van der Waals surface area contributed by atoms with Crippen LogP contribution < -0.4 is 5.32 Å². The fourth-order valence-electron chi connectivity index (χ4n) is 1.89. The molecule has 1 heterocycles. The molecule has 0 aromatic rings. The van der Waals surface area contributed by atoms with Crippen molar-refractivity contribution in [3.8, 4) is 0 Å². The Morgan fingerprint density at radius 3 is 2.80 bits per heavy atom. The first-order valence-corrected chi connectivity index (χ1v) is 6.22. The molecule has 0 aromatic carbocycles. The highest BCUT2D eigenvalue weighted by Crippen LogP contribution is 2.15. The first-order chi connectivity index (χ1) is 7.18. The lowest BCUT2D eigenvalue weighted by Crippen LogP contribution is -2.34. The zero-order valence-electron chi connectivity index (χ0n) is 10.5. The Bertz CT molecular complexity index is 156. The average molecular weight is 214 g/mol. The van der Waals surface area contributed by atoms with E-state index in [1.807, 2.05) is 0 Å². The standard InChI is InChI=1S/C12H26N2O/c1-11(2)13-7-9-14(3)8-6-12-5-4-10-15-12/h11-13H,4-10H2,1-3H3. The first kappa shape index (κ1) is 12.9. The van der Waals surface area contributed by atoms with Gasteiger partial charge in [-0.1, -0.05) is 13.8 Å². The lowest BCUT2D eigenvalue weighted by Gasteiger charge is -2.19. The van der Waals surface area contributed by atoms with Crippen molar-refractivity contribution in [3.63, 3.8) is 0 Å². The van der Waals surface area contributed by atoms with Gasteiger partial charge in [0.1, 0.15) is 0 Å². The van der Waals surface area contributed by atoms with Crippen LogP contribution in [0.4, 0.5) is 0 Å². The molecule has 1 N–H and O–H groups in total. The highest BCUT2D eigenvalue weighted by atomic mass is 16.5. The molecule has 3 heteroatoms. The number of nitrogens with one attached hydrogen (secondary N) is 1. The molecule has 0 aliphatic carbocycles. The summed E-state index contributed by atoms with van der Waals surface area (Å²) in [6.45, 7) is 8.72. The summed E-state index contributed by atoms with van der Waals surface area (Å²) in [7, 11) is 2.19. The summed E-state index contributed by atoms with van der Waals surface area (Å²) >= 11 is 0. The van der Waals surface area contributed by atoms with Gasteiger partial charge in [-0.05, 0) is 26.3 Å². The van der Waals surface area contributed by atoms with Crippen LogP contribution in [0.15, 0.2) is 0 Å². The van der Waals surface area contributed by atoms with Gasteiger partial charge in [0.25, 0.3) is 0 Å². The van der Waals surface area contributed by atoms with Gasteiger partial charge in [0.15, 0.2) is 0 Å². The van der Waals surface area contributed by atoms with E-state index in [2.05, 4.69) is 31.1 Å². The summed E-state index contributed by atoms with van der Waals surface area (Å²) in [6.07, 6.45) is 4.24. The molecule has 1 unspecified atom stereocenters. The smallest absolute Gasteiger partial charge is 0.0588 e. The number of likely N-dealkylation sites (N-methyl/N-ethyl adjacent to an activating group) is 1. The molecule has 1 saturated heterocycles. The normalized spacial score (nSPS) is 21.8. The number of ether oxygens (including phenoxy) is 1. The monoisotopic (exact) mass is 214 g/mol. The molecule has 1 aliphatic heterocycles. The highest BCUT2D eigenvalue weighted by molar-refractivity contribution is 4.67. The van der Waals surface area contributed by atoms with E-state index in [0.29, 0.717) is 12.1 Å². The second kappa shape index (κ2) is 7.20. The van der Waals surface area contributed by atoms with E-state index in [-0.39, 0.29) is 0 Å². The van der Waals surface area contributed by atoms with Gasteiger partial charge in [0.2, 0.25) is 0 Å². The van der Waals surface area contributed by atoms with Crippen molar-refractivity contribution in [2.45, 2.75) is 45.3 Å². The molecule has 1 rings (SSSR count). The quantitative estimate of drug-likeness (QED) is 0.695. The second-order valence-corrected chi connectivity index (χ2v) is 4.84. The molecular formula is C12H26N2O. The van der Waals surface area contributed by atoms with Crippen molar-refractivity contribution >= 4 is 0 Å². The Morgan fingerprint density at radius 2 is 2.20 bits per heavy atom. The summed E-state index contributed by atoms with van der Waals surface area (Å²) < 4.78 is 5.60. The number of hydrogen-bond acceptors (Lipinski definition) is 3. The summed E-state index contributed by atoms with van der Waals surface area (Å²) in [6, 6.07) is 0.594. The second-order valence-electron chi connectivity index (χ2n) is 4.84. The third-order valence-electron chi connectivity index (χ3n) is 2.90. The first-order valence-electron chi connectivity index (χ1n) is 6.22. The van der Waals surface area contributed by atoms with E-state index >= 15 is 0 Å². The molecule has 90 valence electrons. The van der Waals surface area contributed by atoms with Crippen LogP contribution in [-0.2, 0) is 4.74 Å². The lowest BCUT2D eigenvalue weighted by molar-refractivity contribution is 0.0951. The molecule has 1 atom stereocenters. The van der Waals surface area contributed by atoms with Crippen molar-refractivity contribution in [1.82, 2.24) is 10.2 Å². The molecule has 3 nitrogen and oxygen atoms in total. The fraction of sp³-hybridized carbons (Fsp3) is 1.00. The van der Waals surface area contributed by atoms with Crippen LogP contribution in [0, 0.1) is 0 Å². The molecule has 0 aromatic heterocycles. The van der Waals surface area contributed by atoms with Crippen molar-refractivity contribution in [1.29, 1.82) is 0 Å². The number of rotatable bonds is 7. The molecule has 0 bridgehead atoms. The van der Waals surface area contributed by atoms with E-state index in [1.54, 1.807) is 0 Å². The van der Waals surface area contributed by atoms with Gasteiger partial charge in [-0.2, -0.15) is 0 Å². The van der Waals surface area contributed by atoms with Crippen LogP contribution in [0.3, 0.4) is 0 Å². The Labute approximate surface area is 94.2 Å². The van der Waals surface area contributed by atoms with Crippen LogP contribution in [0.5, 0.6) is 0 Å². The SMILES string of the molecule is CC(C)NCCN(C)CCC1CCCO1. The van der Waals surface area contributed by atoms with E-state index in [0.717, 1.165) is 26.2 Å². The number of nitrogens with zero attached hydrogens (tertiary/aromatic N) is 1. The van der Waals surface area contributed by atoms with E-state index in [9.17, 15) is 0 Å². The summed E-state index contributed by atoms with van der Waals surface area (Å²) in [5.74, 6) is 0. The van der Waals surface area contributed by atoms with Crippen molar-refractivity contribution in [2.24, 2.45) is 0 Å². The molecular weight excluding hydrogens is 188 g/mol. The summed E-state index contributed by atoms with van der Waals surface area (Å²) in [5.41, 5.74) is 0. The van der Waals surface area contributed by atoms with Gasteiger partial charge in [0, 0.05) is 32.3 Å². The van der Waals surface area contributed by atoms with E-state index in [1.165, 1.54) is 19.3 Å². The van der Waals surface area contributed by atoms with Gasteiger partial charge >= 0.3 is 0 Å². The fourth-order valence-corrected chi connectivity index (χ4v) is 1.89. The maximum absolute atomic E-state index is 5.60. The third-order valence-corrected chi connectivity index (χ3v) is 2.90. The van der Waals surface area contributed by atoms with Gasteiger partial charge in [-0.15, -0.1) is 0 Å². The van der Waals surface area contributed by atoms with Gasteiger partial charge < -0.3 is 15.0 Å². The summed E-state index contributed by atoms with van der Waals surface area (Å²) in [4.78, 5) is 2.39. The minimum atomic E-state index is 0.533. The van der Waals surface area contributed by atoms with Gasteiger partial charge in [-0.25, -0.2) is 0 Å². The zero-order valence-corrected chi connectivity index (χ0v) is 10.5. The summed E-state index contributed by atoms with van der Waals surface area (Å²) in [5, 5.41) is 3.43. The number of hydrogen-bond donors (Lipinski definition) is 1. The van der Waals surface area contributed by atoms with Gasteiger partial charge in [0.05, 0.1) is 6.10 Å². The Balaban J connectivity index is 1.95. The van der Waals surface area contributed by atoms with Crippen LogP contribution in [0.25, 0.3) is 0 Å². The highest BCUT2D eigenvalue weighted by Gasteiger charge is 2.15. The predicted octanol–water partition coefficient (Wildman–Crippen LogP) is 1.49. The molecule has 0 radical (unpaired) electrons. The van der Waals surface area contributed by atoms with E-state index in [4.69, 9.17) is 4.74 Å². The minimum absolute atomic E-state index is 0.533. The van der Waals surface area contributed by atoms with E-state index < -0.39 is 0 Å². The van der Waals surface area contributed by atoms with Crippen molar-refractivity contribution < 1.29 is 4.74 Å². The van der Waals surface area contributed by atoms with Crippen LogP contribution >= 0.6 is 0 Å². The molecule has 15 heavy (non-hydrogen) atoms. The molecule has 0 amide bonds. The van der Waals surface area contributed by atoms with Crippen molar-refractivity contribution in [2.75, 3.05) is 33.3 Å². The lowest BCUT2D eigenvalue weighted by atomic mass is 10.2. The van der Waals surface area contributed by atoms with Gasteiger partial charge in [-0.3, -0.25) is 0 Å². The maximum Gasteiger partial charge on any atom is 0.0588 e. The molecule has 0 saturated carbocycles. The predicted molar refractivity (Wildman–Crippen MR) is 64.2 cm³/mol.